The molecule has 1 heterocycles. The summed E-state index contributed by atoms with van der Waals surface area (Å²) in [5, 5.41) is 0. The Balaban J connectivity index is 3.26. The number of pyridine rings is 1. The molecule has 2 N–H and O–H groups in total. The number of aromatic nitrogens is 1. The van der Waals surface area contributed by atoms with Gasteiger partial charge in [0.25, 0.3) is 0 Å². The number of rotatable bonds is 4. The molecule has 0 unspecified atom stereocenters. The van der Waals surface area contributed by atoms with Crippen LogP contribution in [0.1, 0.15) is 27.7 Å². The highest BCUT2D eigenvalue weighted by molar-refractivity contribution is 7.89. The molecular weight excluding hydrogens is 238 g/mol. The van der Waals surface area contributed by atoms with Gasteiger partial charge in [0.15, 0.2) is 0 Å². The third-order valence-electron chi connectivity index (χ3n) is 2.33. The van der Waals surface area contributed by atoms with Crippen molar-refractivity contribution < 1.29 is 8.42 Å². The Morgan fingerprint density at radius 3 is 2.12 bits per heavy atom. The predicted molar refractivity (Wildman–Crippen MR) is 67.9 cm³/mol. The first-order valence-electron chi connectivity index (χ1n) is 5.51. The van der Waals surface area contributed by atoms with E-state index >= 15 is 0 Å². The summed E-state index contributed by atoms with van der Waals surface area (Å²) >= 11 is 0. The summed E-state index contributed by atoms with van der Waals surface area (Å²) in [7, 11) is -3.53. The lowest BCUT2D eigenvalue weighted by Gasteiger charge is -2.29. The zero-order chi connectivity index (χ0) is 13.2. The highest BCUT2D eigenvalue weighted by atomic mass is 32.2. The lowest BCUT2D eigenvalue weighted by molar-refractivity contribution is 0.302. The quantitative estimate of drug-likeness (QED) is 0.886. The zero-order valence-corrected chi connectivity index (χ0v) is 11.4. The van der Waals surface area contributed by atoms with Crippen LogP contribution in [0.5, 0.6) is 0 Å². The summed E-state index contributed by atoms with van der Waals surface area (Å²) < 4.78 is 26.2. The van der Waals surface area contributed by atoms with Crippen LogP contribution in [0.3, 0.4) is 0 Å². The van der Waals surface area contributed by atoms with E-state index in [1.165, 1.54) is 22.8 Å². The molecule has 0 aliphatic carbocycles. The third kappa shape index (κ3) is 2.95. The monoisotopic (exact) mass is 257 g/mol. The molecule has 96 valence electrons. The first-order valence-corrected chi connectivity index (χ1v) is 6.95. The molecule has 5 nitrogen and oxygen atoms in total. The topological polar surface area (TPSA) is 76.3 Å². The van der Waals surface area contributed by atoms with Crippen LogP contribution in [-0.4, -0.2) is 29.8 Å². The van der Waals surface area contributed by atoms with Crippen LogP contribution in [0.25, 0.3) is 0 Å². The third-order valence-corrected chi connectivity index (χ3v) is 4.54. The highest BCUT2D eigenvalue weighted by Crippen LogP contribution is 2.21. The van der Waals surface area contributed by atoms with E-state index in [1.807, 2.05) is 27.7 Å². The Kier molecular flexibility index (Phi) is 4.11. The molecule has 0 bridgehead atoms. The van der Waals surface area contributed by atoms with Crippen molar-refractivity contribution in [2.24, 2.45) is 0 Å². The number of hydrogen-bond donors (Lipinski definition) is 1. The maximum atomic E-state index is 12.4. The van der Waals surface area contributed by atoms with E-state index in [1.54, 1.807) is 0 Å². The maximum absolute atomic E-state index is 12.4. The molecule has 0 aliphatic heterocycles. The van der Waals surface area contributed by atoms with Crippen LogP contribution in [0.4, 0.5) is 5.69 Å². The van der Waals surface area contributed by atoms with Crippen molar-refractivity contribution in [3.8, 4) is 0 Å². The number of sulfonamides is 1. The van der Waals surface area contributed by atoms with Crippen molar-refractivity contribution in [1.29, 1.82) is 0 Å². The smallest absolute Gasteiger partial charge is 0.245 e. The molecule has 6 heteroatoms. The summed E-state index contributed by atoms with van der Waals surface area (Å²) in [6, 6.07) is 1.21. The standard InChI is InChI=1S/C11H19N3O2S/c1-8(2)14(9(3)4)17(15,16)11-5-10(12)6-13-7-11/h5-9H,12H2,1-4H3. The van der Waals surface area contributed by atoms with Gasteiger partial charge in [-0.05, 0) is 33.8 Å². The molecule has 0 amide bonds. The SMILES string of the molecule is CC(C)N(C(C)C)S(=O)(=O)c1cncc(N)c1. The number of nitrogens with zero attached hydrogens (tertiary/aromatic N) is 2. The van der Waals surface area contributed by atoms with Gasteiger partial charge in [0.05, 0.1) is 5.69 Å². The second-order valence-corrected chi connectivity index (χ2v) is 6.32. The summed E-state index contributed by atoms with van der Waals surface area (Å²) in [5.41, 5.74) is 5.91. The maximum Gasteiger partial charge on any atom is 0.245 e. The summed E-state index contributed by atoms with van der Waals surface area (Å²) in [6.45, 7) is 7.38. The minimum absolute atomic E-state index is 0.110. The molecule has 0 fully saturated rings. The van der Waals surface area contributed by atoms with Gasteiger partial charge < -0.3 is 5.73 Å². The van der Waals surface area contributed by atoms with Crippen molar-refractivity contribution in [2.45, 2.75) is 44.7 Å². The van der Waals surface area contributed by atoms with Gasteiger partial charge in [-0.3, -0.25) is 4.98 Å². The molecule has 0 atom stereocenters. The molecule has 1 aromatic heterocycles. The average Bonchev–Trinajstić information content (AvgIpc) is 2.15. The van der Waals surface area contributed by atoms with Gasteiger partial charge in [0.2, 0.25) is 10.0 Å². The van der Waals surface area contributed by atoms with Crippen molar-refractivity contribution in [3.63, 3.8) is 0 Å². The second kappa shape index (κ2) is 5.01. The van der Waals surface area contributed by atoms with E-state index in [0.29, 0.717) is 5.69 Å². The van der Waals surface area contributed by atoms with Gasteiger partial charge in [-0.25, -0.2) is 8.42 Å². The fourth-order valence-corrected chi connectivity index (χ4v) is 3.68. The van der Waals surface area contributed by atoms with Crippen molar-refractivity contribution in [2.75, 3.05) is 5.73 Å². The summed E-state index contributed by atoms with van der Waals surface area (Å²) in [5.74, 6) is 0. The average molecular weight is 257 g/mol. The van der Waals surface area contributed by atoms with Gasteiger partial charge in [-0.2, -0.15) is 4.31 Å². The van der Waals surface area contributed by atoms with Crippen molar-refractivity contribution in [1.82, 2.24) is 9.29 Å². The molecule has 0 saturated heterocycles. The highest BCUT2D eigenvalue weighted by Gasteiger charge is 2.29. The lowest BCUT2D eigenvalue weighted by atomic mass is 10.3. The Bertz CT molecular complexity index is 475. The lowest BCUT2D eigenvalue weighted by Crippen LogP contribution is -2.41. The molecule has 0 radical (unpaired) electrons. The fraction of sp³-hybridized carbons (Fsp3) is 0.545. The van der Waals surface area contributed by atoms with Gasteiger partial charge in [0, 0.05) is 24.5 Å². The van der Waals surface area contributed by atoms with Crippen LogP contribution < -0.4 is 5.73 Å². The van der Waals surface area contributed by atoms with Crippen molar-refractivity contribution >= 4 is 15.7 Å². The van der Waals surface area contributed by atoms with Crippen LogP contribution in [0.15, 0.2) is 23.4 Å². The first kappa shape index (κ1) is 13.9. The van der Waals surface area contributed by atoms with Crippen LogP contribution >= 0.6 is 0 Å². The normalized spacial score (nSPS) is 12.6. The second-order valence-electron chi connectivity index (χ2n) is 4.48. The van der Waals surface area contributed by atoms with E-state index < -0.39 is 10.0 Å². The Morgan fingerprint density at radius 1 is 1.18 bits per heavy atom. The van der Waals surface area contributed by atoms with Crippen LogP contribution in [0, 0.1) is 0 Å². The molecular formula is C11H19N3O2S. The summed E-state index contributed by atoms with van der Waals surface area (Å²) in [4.78, 5) is 3.96. The molecule has 17 heavy (non-hydrogen) atoms. The Labute approximate surface area is 103 Å². The molecule has 0 aliphatic rings. The van der Waals surface area contributed by atoms with Crippen LogP contribution in [-0.2, 0) is 10.0 Å². The molecule has 1 rings (SSSR count). The van der Waals surface area contributed by atoms with Gasteiger partial charge in [0.1, 0.15) is 4.90 Å². The number of anilines is 1. The minimum Gasteiger partial charge on any atom is -0.397 e. The van der Waals surface area contributed by atoms with Gasteiger partial charge >= 0.3 is 0 Å². The number of nitrogens with two attached hydrogens (primary N) is 1. The zero-order valence-electron chi connectivity index (χ0n) is 10.6. The van der Waals surface area contributed by atoms with Gasteiger partial charge in [-0.1, -0.05) is 0 Å². The van der Waals surface area contributed by atoms with E-state index in [4.69, 9.17) is 5.73 Å². The van der Waals surface area contributed by atoms with E-state index in [-0.39, 0.29) is 17.0 Å². The Morgan fingerprint density at radius 2 is 1.71 bits per heavy atom. The van der Waals surface area contributed by atoms with E-state index in [0.717, 1.165) is 0 Å². The Hall–Kier alpha value is -1.14. The van der Waals surface area contributed by atoms with E-state index in [2.05, 4.69) is 4.98 Å². The van der Waals surface area contributed by atoms with Crippen LogP contribution in [0.2, 0.25) is 0 Å². The molecule has 0 aromatic carbocycles. The predicted octanol–water partition coefficient (Wildman–Crippen LogP) is 1.47. The largest absolute Gasteiger partial charge is 0.397 e. The molecule has 0 saturated carbocycles. The first-order chi connectivity index (χ1) is 7.76. The summed E-state index contributed by atoms with van der Waals surface area (Å²) in [6.07, 6.45) is 2.75. The van der Waals surface area contributed by atoms with Crippen molar-refractivity contribution in [3.05, 3.63) is 18.5 Å². The fourth-order valence-electron chi connectivity index (χ4n) is 1.85. The minimum atomic E-state index is -3.53. The molecule has 0 spiro atoms. The number of hydrogen-bond acceptors (Lipinski definition) is 4. The van der Waals surface area contributed by atoms with E-state index in [9.17, 15) is 8.42 Å². The van der Waals surface area contributed by atoms with Gasteiger partial charge in [-0.15, -0.1) is 0 Å². The molecule has 1 aromatic rings. The number of nitrogen functional groups attached to an aromatic ring is 1.